The third kappa shape index (κ3) is 8.84. The zero-order chi connectivity index (χ0) is 38.4. The van der Waals surface area contributed by atoms with Gasteiger partial charge in [-0.05, 0) is 136 Å². The van der Waals surface area contributed by atoms with E-state index in [1.165, 1.54) is 31.3 Å². The van der Waals surface area contributed by atoms with E-state index in [1.807, 2.05) is 24.8 Å². The number of carbonyl (C=O) groups excluding carboxylic acids is 1. The van der Waals surface area contributed by atoms with Crippen molar-refractivity contribution in [3.05, 3.63) is 47.6 Å². The molecule has 7 atom stereocenters. The fourth-order valence-corrected chi connectivity index (χ4v) is 11.8. The normalized spacial score (nSPS) is 31.6. The van der Waals surface area contributed by atoms with Crippen molar-refractivity contribution >= 4 is 22.5 Å². The number of rotatable bonds is 12. The van der Waals surface area contributed by atoms with Gasteiger partial charge in [0, 0.05) is 19.5 Å². The molecule has 51 heavy (non-hydrogen) atoms. The topological polar surface area (TPSA) is 59.0 Å². The Labute approximate surface area is 316 Å². The maximum absolute atomic E-state index is 13.2. The van der Waals surface area contributed by atoms with Crippen molar-refractivity contribution in [3.8, 4) is 0 Å². The number of hydrogen-bond acceptors (Lipinski definition) is 4. The molecule has 4 fully saturated rings. The van der Waals surface area contributed by atoms with E-state index in [0.29, 0.717) is 30.8 Å². The van der Waals surface area contributed by atoms with Gasteiger partial charge in [-0.15, -0.1) is 0 Å². The lowest BCUT2D eigenvalue weighted by molar-refractivity contribution is -0.139. The summed E-state index contributed by atoms with van der Waals surface area (Å²) < 4.78 is 14.2. The van der Waals surface area contributed by atoms with Crippen molar-refractivity contribution in [1.82, 2.24) is 4.90 Å². The second-order valence-electron chi connectivity index (χ2n) is 20.2. The van der Waals surface area contributed by atoms with Gasteiger partial charge in [0.2, 0.25) is 5.91 Å². The van der Waals surface area contributed by atoms with E-state index < -0.39 is 28.2 Å². The predicted octanol–water partition coefficient (Wildman–Crippen LogP) is 11.4. The van der Waals surface area contributed by atoms with Crippen LogP contribution in [-0.2, 0) is 13.6 Å². The highest BCUT2D eigenvalue weighted by molar-refractivity contribution is 6.74. The van der Waals surface area contributed by atoms with Gasteiger partial charge >= 0.3 is 0 Å². The quantitative estimate of drug-likeness (QED) is 0.160. The van der Waals surface area contributed by atoms with Gasteiger partial charge in [-0.1, -0.05) is 91.8 Å². The average molecular weight is 740 g/mol. The van der Waals surface area contributed by atoms with Crippen LogP contribution in [0.15, 0.2) is 47.6 Å². The van der Waals surface area contributed by atoms with Crippen molar-refractivity contribution in [2.24, 2.45) is 28.6 Å². The summed E-state index contributed by atoms with van der Waals surface area (Å²) in [6.45, 7) is 38.4. The number of aliphatic hydroxyl groups excluding tert-OH is 1. The van der Waals surface area contributed by atoms with E-state index in [2.05, 4.69) is 99.8 Å². The van der Waals surface area contributed by atoms with Crippen LogP contribution in [0.1, 0.15) is 127 Å². The summed E-state index contributed by atoms with van der Waals surface area (Å²) in [5.41, 5.74) is 3.68. The molecule has 0 aromatic heterocycles. The summed E-state index contributed by atoms with van der Waals surface area (Å²) in [4.78, 5) is 15.1. The van der Waals surface area contributed by atoms with E-state index in [1.54, 1.807) is 5.57 Å². The Kier molecular flexibility index (Phi) is 12.9. The van der Waals surface area contributed by atoms with Crippen LogP contribution in [0.5, 0.6) is 0 Å². The number of fused-ring (bicyclic) bond motifs is 1. The Morgan fingerprint density at radius 1 is 0.961 bits per heavy atom. The van der Waals surface area contributed by atoms with E-state index in [-0.39, 0.29) is 33.6 Å². The highest BCUT2D eigenvalue weighted by Gasteiger charge is 2.56. The van der Waals surface area contributed by atoms with Crippen LogP contribution in [0.2, 0.25) is 36.3 Å². The van der Waals surface area contributed by atoms with Crippen LogP contribution in [0.25, 0.3) is 0 Å². The second kappa shape index (κ2) is 15.5. The molecular formula is C44H77NO4Si2. The molecule has 4 aliphatic rings. The summed E-state index contributed by atoms with van der Waals surface area (Å²) in [6.07, 6.45) is 17.9. The molecule has 5 nitrogen and oxygen atoms in total. The number of hydrogen-bond donors (Lipinski definition) is 1. The Balaban J connectivity index is 1.55. The Morgan fingerprint density at radius 2 is 1.55 bits per heavy atom. The van der Waals surface area contributed by atoms with Gasteiger partial charge in [-0.2, -0.15) is 0 Å². The highest BCUT2D eigenvalue weighted by Crippen LogP contribution is 2.60. The molecular weight excluding hydrogens is 663 g/mol. The molecule has 290 valence electrons. The Bertz CT molecular complexity index is 1360. The van der Waals surface area contributed by atoms with Gasteiger partial charge in [0.25, 0.3) is 0 Å². The molecule has 0 heterocycles. The molecule has 0 bridgehead atoms. The van der Waals surface area contributed by atoms with Crippen molar-refractivity contribution in [1.29, 1.82) is 0 Å². The zero-order valence-electron chi connectivity index (χ0n) is 35.4. The Hall–Kier alpha value is -1.26. The molecule has 0 saturated heterocycles. The summed E-state index contributed by atoms with van der Waals surface area (Å²) in [5, 5.41) is 11.5. The first-order chi connectivity index (χ1) is 23.4. The molecule has 0 radical (unpaired) electrons. The lowest BCUT2D eigenvalue weighted by Gasteiger charge is -2.45. The van der Waals surface area contributed by atoms with Crippen molar-refractivity contribution < 1.29 is 18.8 Å². The van der Waals surface area contributed by atoms with E-state index in [0.717, 1.165) is 37.7 Å². The Morgan fingerprint density at radius 3 is 2.10 bits per heavy atom. The molecule has 0 unspecified atom stereocenters. The average Bonchev–Trinajstić information content (AvgIpc) is 3.75. The van der Waals surface area contributed by atoms with Crippen molar-refractivity contribution in [2.75, 3.05) is 13.1 Å². The van der Waals surface area contributed by atoms with Crippen LogP contribution < -0.4 is 0 Å². The maximum atomic E-state index is 13.2. The molecule has 0 aromatic rings. The molecule has 4 saturated carbocycles. The van der Waals surface area contributed by atoms with Gasteiger partial charge in [-0.3, -0.25) is 4.79 Å². The maximum Gasteiger partial charge on any atom is 0.231 e. The second-order valence-corrected chi connectivity index (χ2v) is 29.7. The number of nitrogens with zero attached hydrogens (tertiary/aromatic N) is 1. The molecule has 0 spiro atoms. The fourth-order valence-electron chi connectivity index (χ4n) is 9.10. The first-order valence-electron chi connectivity index (χ1n) is 20.5. The van der Waals surface area contributed by atoms with Crippen LogP contribution in [0.3, 0.4) is 0 Å². The van der Waals surface area contributed by atoms with Crippen LogP contribution in [-0.4, -0.2) is 63.9 Å². The lowest BCUT2D eigenvalue weighted by atomic mass is 9.61. The lowest BCUT2D eigenvalue weighted by Crippen LogP contribution is -2.49. The van der Waals surface area contributed by atoms with Gasteiger partial charge in [0.05, 0.1) is 23.7 Å². The van der Waals surface area contributed by atoms with E-state index in [9.17, 15) is 9.90 Å². The predicted molar refractivity (Wildman–Crippen MR) is 221 cm³/mol. The molecule has 0 aliphatic heterocycles. The minimum atomic E-state index is -2.01. The molecule has 0 aromatic carbocycles. The minimum absolute atomic E-state index is 0.00776. The van der Waals surface area contributed by atoms with Crippen LogP contribution >= 0.6 is 0 Å². The largest absolute Gasteiger partial charge is 0.413 e. The van der Waals surface area contributed by atoms with E-state index in [4.69, 9.17) is 15.4 Å². The first kappa shape index (κ1) is 42.5. The molecule has 7 heteroatoms. The number of aliphatic hydroxyl groups is 1. The van der Waals surface area contributed by atoms with Crippen molar-refractivity contribution in [2.45, 2.75) is 182 Å². The molecule has 1 amide bonds. The van der Waals surface area contributed by atoms with Crippen LogP contribution in [0, 0.1) is 28.6 Å². The summed E-state index contributed by atoms with van der Waals surface area (Å²) in [7, 11) is -3.98. The standard InChI is InChI=1S/C44H77NO4Si2/c1-16-45(17-2)40(47)44(27-28-44)39(46)25-20-31(3)36-23-24-37-33(19-18-26-43(36,37)11)21-22-34-29-35(48-50(12,13)41(5,6)7)30-38(32(34)4)49-51(14,15)42(8,9)10/h20-22,25,31,35-39,46H,4,16-19,23-24,26-30H2,1-3,5-15H3/b25-20+,33-21+,34-22+/t31-,35-,36-,37+,38+,39-,43-/m1/s1. The number of amides is 1. The zero-order valence-corrected chi connectivity index (χ0v) is 37.4. The SMILES string of the molecule is C=C1/C(=C/C=C2\CCC[C@]3(C)[C@@H]([C@H](C)/C=C/[C@@H](O)C4(C(=O)N(CC)CC)CC4)CC[C@@H]23)C[C@@H](O[Si](C)(C)C(C)(C)C)C[C@@H]1O[Si](C)(C)C(C)(C)C. The van der Waals surface area contributed by atoms with Gasteiger partial charge < -0.3 is 18.9 Å². The van der Waals surface area contributed by atoms with E-state index >= 15 is 0 Å². The first-order valence-corrected chi connectivity index (χ1v) is 26.4. The molecule has 4 rings (SSSR count). The number of allylic oxidation sites excluding steroid dienone is 4. The highest BCUT2D eigenvalue weighted by atomic mass is 28.4. The summed E-state index contributed by atoms with van der Waals surface area (Å²) in [6, 6.07) is 0. The minimum Gasteiger partial charge on any atom is -0.413 e. The van der Waals surface area contributed by atoms with Gasteiger partial charge in [0.1, 0.15) is 0 Å². The smallest absolute Gasteiger partial charge is 0.231 e. The third-order valence-electron chi connectivity index (χ3n) is 14.8. The van der Waals surface area contributed by atoms with Gasteiger partial charge in [-0.25, -0.2) is 0 Å². The van der Waals surface area contributed by atoms with Crippen molar-refractivity contribution in [3.63, 3.8) is 0 Å². The molecule has 1 N–H and O–H groups in total. The third-order valence-corrected chi connectivity index (χ3v) is 23.9. The number of carbonyl (C=O) groups is 1. The van der Waals surface area contributed by atoms with Crippen LogP contribution in [0.4, 0.5) is 0 Å². The fraction of sp³-hybridized carbons (Fsp3) is 0.795. The van der Waals surface area contributed by atoms with Gasteiger partial charge in [0.15, 0.2) is 16.6 Å². The molecule has 4 aliphatic carbocycles. The monoisotopic (exact) mass is 740 g/mol. The summed E-state index contributed by atoms with van der Waals surface area (Å²) >= 11 is 0. The summed E-state index contributed by atoms with van der Waals surface area (Å²) in [5.74, 6) is 1.61.